The van der Waals surface area contributed by atoms with E-state index in [4.69, 9.17) is 16.6 Å². The number of carboxylic acids is 2. The van der Waals surface area contributed by atoms with Gasteiger partial charge in [-0.15, -0.1) is 0 Å². The van der Waals surface area contributed by atoms with E-state index < -0.39 is 72.6 Å². The Kier molecular flexibility index (Phi) is 12.9. The molecule has 0 aliphatic heterocycles. The molecule has 0 aromatic heterocycles. The van der Waals surface area contributed by atoms with Crippen LogP contribution in [0, 0.1) is 0 Å². The van der Waals surface area contributed by atoms with Crippen LogP contribution in [0.4, 0.5) is 0 Å². The number of carbonyl (C=O) groups excluding carboxylic acids is 4. The minimum absolute atomic E-state index is 0.00483. The van der Waals surface area contributed by atoms with Gasteiger partial charge in [-0.2, -0.15) is 0 Å². The fraction of sp³-hybridized carbons (Fsp3) is 0.357. The van der Waals surface area contributed by atoms with Crippen LogP contribution in [-0.2, 0) is 41.6 Å². The minimum atomic E-state index is -1.57. The summed E-state index contributed by atoms with van der Waals surface area (Å²) in [6, 6.07) is 9.45. The molecule has 4 unspecified atom stereocenters. The van der Waals surface area contributed by atoms with Crippen molar-refractivity contribution in [2.45, 2.75) is 62.7 Å². The Hall–Kier alpha value is -4.98. The molecular formula is C28H35N5O9. The number of aliphatic carboxylic acids is 2. The molecule has 42 heavy (non-hydrogen) atoms. The highest BCUT2D eigenvalue weighted by Crippen LogP contribution is 2.12. The number of nitrogens with one attached hydrogen (secondary N) is 3. The minimum Gasteiger partial charge on any atom is -0.508 e. The molecule has 0 heterocycles. The molecule has 2 aromatic rings. The fourth-order valence-electron chi connectivity index (χ4n) is 3.94. The monoisotopic (exact) mass is 585 g/mol. The molecule has 0 saturated heterocycles. The predicted octanol–water partition coefficient (Wildman–Crippen LogP) is -0.826. The van der Waals surface area contributed by atoms with E-state index in [0.29, 0.717) is 11.1 Å². The summed E-state index contributed by atoms with van der Waals surface area (Å²) in [4.78, 5) is 73.2. The molecule has 14 nitrogen and oxygen atoms in total. The topological polar surface area (TPSA) is 251 Å². The molecule has 2 rings (SSSR count). The quantitative estimate of drug-likeness (QED) is 0.114. The fourth-order valence-corrected chi connectivity index (χ4v) is 3.94. The maximum absolute atomic E-state index is 13.4. The van der Waals surface area contributed by atoms with E-state index in [1.165, 1.54) is 12.1 Å². The Balaban J connectivity index is 2.22. The zero-order chi connectivity index (χ0) is 31.2. The lowest BCUT2D eigenvalue weighted by atomic mass is 10.0. The Labute approximate surface area is 241 Å². The molecule has 10 N–H and O–H groups in total. The highest BCUT2D eigenvalue weighted by Gasteiger charge is 2.31. The van der Waals surface area contributed by atoms with Crippen molar-refractivity contribution in [3.8, 4) is 5.75 Å². The smallest absolute Gasteiger partial charge is 0.326 e. The molecule has 0 aliphatic carbocycles. The van der Waals surface area contributed by atoms with E-state index in [2.05, 4.69) is 16.0 Å². The zero-order valence-corrected chi connectivity index (χ0v) is 22.7. The van der Waals surface area contributed by atoms with Crippen molar-refractivity contribution in [2.24, 2.45) is 11.5 Å². The summed E-state index contributed by atoms with van der Waals surface area (Å²) in [6.45, 7) is 0. The van der Waals surface area contributed by atoms with E-state index in [1.807, 2.05) is 0 Å². The first-order valence-electron chi connectivity index (χ1n) is 13.1. The van der Waals surface area contributed by atoms with Gasteiger partial charge in [0.05, 0.1) is 6.04 Å². The highest BCUT2D eigenvalue weighted by molar-refractivity contribution is 5.94. The molecule has 226 valence electrons. The third-order valence-corrected chi connectivity index (χ3v) is 6.22. The number of primary amides is 1. The van der Waals surface area contributed by atoms with Gasteiger partial charge in [-0.25, -0.2) is 4.79 Å². The normalized spacial score (nSPS) is 13.5. The molecule has 0 saturated carbocycles. The van der Waals surface area contributed by atoms with Crippen LogP contribution in [0.2, 0.25) is 0 Å². The van der Waals surface area contributed by atoms with Crippen molar-refractivity contribution in [3.63, 3.8) is 0 Å². The van der Waals surface area contributed by atoms with Crippen LogP contribution in [0.15, 0.2) is 54.6 Å². The lowest BCUT2D eigenvalue weighted by Crippen LogP contribution is -2.58. The van der Waals surface area contributed by atoms with Gasteiger partial charge in [0.2, 0.25) is 23.6 Å². The summed E-state index contributed by atoms with van der Waals surface area (Å²) in [5.41, 5.74) is 12.6. The summed E-state index contributed by atoms with van der Waals surface area (Å²) < 4.78 is 0. The number of benzene rings is 2. The maximum atomic E-state index is 13.4. The van der Waals surface area contributed by atoms with Gasteiger partial charge in [0.15, 0.2) is 0 Å². The summed E-state index contributed by atoms with van der Waals surface area (Å²) in [7, 11) is 0. The van der Waals surface area contributed by atoms with E-state index >= 15 is 0 Å². The first-order chi connectivity index (χ1) is 19.8. The summed E-state index contributed by atoms with van der Waals surface area (Å²) in [5.74, 6) is -5.95. The van der Waals surface area contributed by atoms with Crippen molar-refractivity contribution in [3.05, 3.63) is 65.7 Å². The van der Waals surface area contributed by atoms with Crippen LogP contribution in [0.1, 0.15) is 36.8 Å². The van der Waals surface area contributed by atoms with Gasteiger partial charge in [0.25, 0.3) is 0 Å². The first-order valence-corrected chi connectivity index (χ1v) is 13.1. The lowest BCUT2D eigenvalue weighted by molar-refractivity contribution is -0.143. The van der Waals surface area contributed by atoms with Gasteiger partial charge in [-0.1, -0.05) is 42.5 Å². The number of hydrogen-bond donors (Lipinski definition) is 8. The van der Waals surface area contributed by atoms with E-state index in [9.17, 15) is 39.0 Å². The van der Waals surface area contributed by atoms with Crippen LogP contribution < -0.4 is 27.4 Å². The van der Waals surface area contributed by atoms with E-state index in [0.717, 1.165) is 0 Å². The molecule has 4 amide bonds. The number of hydrogen-bond acceptors (Lipinski definition) is 8. The molecule has 4 atom stereocenters. The van der Waals surface area contributed by atoms with Gasteiger partial charge in [-0.3, -0.25) is 24.0 Å². The SMILES string of the molecule is NC(=O)CCC(NC(=O)C(Cc1ccccc1)NC(=O)C(N)Cc1ccc(O)cc1)C(=O)NC(CCC(=O)O)C(=O)O. The number of aromatic hydroxyl groups is 1. The predicted molar refractivity (Wildman–Crippen MR) is 149 cm³/mol. The average molecular weight is 586 g/mol. The van der Waals surface area contributed by atoms with E-state index in [-0.39, 0.29) is 31.4 Å². The number of rotatable bonds is 17. The van der Waals surface area contributed by atoms with Crippen molar-refractivity contribution < 1.29 is 44.1 Å². The summed E-state index contributed by atoms with van der Waals surface area (Å²) in [5, 5.41) is 35.0. The number of phenolic OH excluding ortho intramolecular Hbond substituents is 1. The summed E-state index contributed by atoms with van der Waals surface area (Å²) in [6.07, 6.45) is -1.47. The molecule has 0 spiro atoms. The van der Waals surface area contributed by atoms with Crippen molar-refractivity contribution >= 4 is 35.6 Å². The molecule has 0 aliphatic rings. The van der Waals surface area contributed by atoms with Crippen LogP contribution in [0.25, 0.3) is 0 Å². The lowest BCUT2D eigenvalue weighted by Gasteiger charge is -2.25. The standard InChI is InChI=1S/C28H35N5O9/c29-19(14-17-6-8-18(34)9-7-17)25(38)33-22(15-16-4-2-1-3-5-16)27(40)31-20(10-12-23(30)35)26(39)32-21(28(41)42)11-13-24(36)37/h1-9,19-22,34H,10-15,29H2,(H2,30,35)(H,31,40)(H,32,39)(H,33,38)(H,36,37)(H,41,42). The van der Waals surface area contributed by atoms with Gasteiger partial charge < -0.3 is 42.7 Å². The molecule has 0 fully saturated rings. The number of carboxylic acid groups (broad SMARTS) is 2. The van der Waals surface area contributed by atoms with Crippen molar-refractivity contribution in [1.82, 2.24) is 16.0 Å². The van der Waals surface area contributed by atoms with Crippen LogP contribution in [0.5, 0.6) is 5.75 Å². The molecule has 2 aromatic carbocycles. The largest absolute Gasteiger partial charge is 0.508 e. The Bertz CT molecular complexity index is 1250. The second kappa shape index (κ2) is 16.3. The maximum Gasteiger partial charge on any atom is 0.326 e. The molecular weight excluding hydrogens is 550 g/mol. The van der Waals surface area contributed by atoms with Crippen LogP contribution >= 0.6 is 0 Å². The van der Waals surface area contributed by atoms with Crippen LogP contribution in [0.3, 0.4) is 0 Å². The number of carbonyl (C=O) groups is 6. The zero-order valence-electron chi connectivity index (χ0n) is 22.7. The number of nitrogens with two attached hydrogens (primary N) is 2. The van der Waals surface area contributed by atoms with E-state index in [1.54, 1.807) is 42.5 Å². The Morgan fingerprint density at radius 3 is 1.76 bits per heavy atom. The second-order valence-corrected chi connectivity index (χ2v) is 9.63. The number of phenols is 1. The van der Waals surface area contributed by atoms with Gasteiger partial charge in [0, 0.05) is 19.3 Å². The van der Waals surface area contributed by atoms with Gasteiger partial charge in [0.1, 0.15) is 23.9 Å². The first kappa shape index (κ1) is 33.2. The number of amides is 4. The third-order valence-electron chi connectivity index (χ3n) is 6.22. The highest BCUT2D eigenvalue weighted by atomic mass is 16.4. The average Bonchev–Trinajstić information content (AvgIpc) is 2.93. The van der Waals surface area contributed by atoms with Crippen LogP contribution in [-0.4, -0.2) is 75.1 Å². The Morgan fingerprint density at radius 1 is 0.667 bits per heavy atom. The molecule has 0 radical (unpaired) electrons. The molecule has 0 bridgehead atoms. The van der Waals surface area contributed by atoms with Crippen molar-refractivity contribution in [2.75, 3.05) is 0 Å². The van der Waals surface area contributed by atoms with Crippen molar-refractivity contribution in [1.29, 1.82) is 0 Å². The third kappa shape index (κ3) is 11.6. The summed E-state index contributed by atoms with van der Waals surface area (Å²) >= 11 is 0. The molecule has 14 heteroatoms. The second-order valence-electron chi connectivity index (χ2n) is 9.63. The van der Waals surface area contributed by atoms with Gasteiger partial charge in [-0.05, 0) is 42.5 Å². The van der Waals surface area contributed by atoms with Gasteiger partial charge >= 0.3 is 11.9 Å². The Morgan fingerprint density at radius 2 is 1.19 bits per heavy atom.